The number of hydrazone groups is 1. The van der Waals surface area contributed by atoms with Crippen molar-refractivity contribution < 1.29 is 14.3 Å². The molecule has 0 radical (unpaired) electrons. The van der Waals surface area contributed by atoms with Gasteiger partial charge in [-0.25, -0.2) is 0 Å². The standard InChI is InChI=1S/C20H19ClN2O3/c1-4-26-19-17(21)11-14(12-18(19)25-3)10-16-13(2)22-23(20(16)24)15-8-6-5-7-9-15/h5-12H,4H2,1-3H3. The molecule has 1 aliphatic heterocycles. The van der Waals surface area contributed by atoms with Crippen LogP contribution in [0, 0.1) is 0 Å². The summed E-state index contributed by atoms with van der Waals surface area (Å²) in [5.74, 6) is 0.830. The van der Waals surface area contributed by atoms with Crippen LogP contribution in [0.2, 0.25) is 5.02 Å². The van der Waals surface area contributed by atoms with E-state index in [-0.39, 0.29) is 5.91 Å². The lowest BCUT2D eigenvalue weighted by atomic mass is 10.1. The zero-order valence-corrected chi connectivity index (χ0v) is 15.6. The van der Waals surface area contributed by atoms with Crippen LogP contribution in [-0.4, -0.2) is 25.3 Å². The first-order valence-electron chi connectivity index (χ1n) is 8.22. The van der Waals surface area contributed by atoms with Gasteiger partial charge in [-0.15, -0.1) is 0 Å². The van der Waals surface area contributed by atoms with Gasteiger partial charge in [-0.1, -0.05) is 29.8 Å². The molecule has 0 atom stereocenters. The third-order valence-electron chi connectivity index (χ3n) is 3.91. The second kappa shape index (κ2) is 7.62. The van der Waals surface area contributed by atoms with E-state index in [0.29, 0.717) is 34.4 Å². The number of nitrogens with zero attached hydrogens (tertiary/aromatic N) is 2. The lowest BCUT2D eigenvalue weighted by Gasteiger charge is -2.13. The second-order valence-corrected chi connectivity index (χ2v) is 6.07. The number of para-hydroxylation sites is 1. The monoisotopic (exact) mass is 370 g/mol. The van der Waals surface area contributed by atoms with E-state index in [0.717, 1.165) is 11.3 Å². The van der Waals surface area contributed by atoms with Gasteiger partial charge in [0.25, 0.3) is 5.91 Å². The van der Waals surface area contributed by atoms with Crippen molar-refractivity contribution in [3.8, 4) is 11.5 Å². The Morgan fingerprint density at radius 2 is 1.96 bits per heavy atom. The van der Waals surface area contributed by atoms with Gasteiger partial charge < -0.3 is 9.47 Å². The highest BCUT2D eigenvalue weighted by Crippen LogP contribution is 2.37. The SMILES string of the molecule is CCOc1c(Cl)cc(C=C2C(=O)N(c3ccccc3)N=C2C)cc1OC. The van der Waals surface area contributed by atoms with Gasteiger partial charge in [0.2, 0.25) is 0 Å². The topological polar surface area (TPSA) is 51.1 Å². The van der Waals surface area contributed by atoms with Crippen molar-refractivity contribution in [1.29, 1.82) is 0 Å². The Bertz CT molecular complexity index is 891. The molecular formula is C20H19ClN2O3. The number of benzene rings is 2. The number of methoxy groups -OCH3 is 1. The third kappa shape index (κ3) is 3.44. The Morgan fingerprint density at radius 1 is 1.23 bits per heavy atom. The van der Waals surface area contributed by atoms with Crippen molar-refractivity contribution in [1.82, 2.24) is 0 Å². The Kier molecular flexibility index (Phi) is 5.28. The molecule has 1 amide bonds. The molecule has 1 aliphatic rings. The summed E-state index contributed by atoms with van der Waals surface area (Å²) in [5.41, 5.74) is 2.62. The number of carbonyl (C=O) groups is 1. The van der Waals surface area contributed by atoms with Gasteiger partial charge in [-0.2, -0.15) is 10.1 Å². The predicted octanol–water partition coefficient (Wildman–Crippen LogP) is 4.55. The molecule has 134 valence electrons. The molecule has 0 aromatic heterocycles. The molecule has 0 unspecified atom stereocenters. The summed E-state index contributed by atoms with van der Waals surface area (Å²) in [4.78, 5) is 12.8. The first kappa shape index (κ1) is 18.0. The molecule has 0 N–H and O–H groups in total. The van der Waals surface area contributed by atoms with Crippen LogP contribution in [0.4, 0.5) is 5.69 Å². The van der Waals surface area contributed by atoms with E-state index in [1.54, 1.807) is 32.2 Å². The maximum atomic E-state index is 12.8. The van der Waals surface area contributed by atoms with Crippen LogP contribution in [0.15, 0.2) is 53.1 Å². The number of hydrogen-bond acceptors (Lipinski definition) is 4. The Hall–Kier alpha value is -2.79. The zero-order chi connectivity index (χ0) is 18.7. The highest BCUT2D eigenvalue weighted by atomic mass is 35.5. The molecule has 0 aliphatic carbocycles. The van der Waals surface area contributed by atoms with Gasteiger partial charge in [0, 0.05) is 0 Å². The number of rotatable bonds is 5. The van der Waals surface area contributed by atoms with Crippen LogP contribution in [-0.2, 0) is 4.79 Å². The number of amides is 1. The van der Waals surface area contributed by atoms with E-state index >= 15 is 0 Å². The van der Waals surface area contributed by atoms with Gasteiger partial charge >= 0.3 is 0 Å². The molecule has 0 saturated heterocycles. The molecule has 1 heterocycles. The molecule has 0 saturated carbocycles. The summed E-state index contributed by atoms with van der Waals surface area (Å²) < 4.78 is 10.9. The van der Waals surface area contributed by atoms with Crippen molar-refractivity contribution >= 4 is 35.0 Å². The van der Waals surface area contributed by atoms with Crippen LogP contribution in [0.1, 0.15) is 19.4 Å². The van der Waals surface area contributed by atoms with E-state index in [1.807, 2.05) is 37.3 Å². The zero-order valence-electron chi connectivity index (χ0n) is 14.8. The summed E-state index contributed by atoms with van der Waals surface area (Å²) >= 11 is 6.32. The van der Waals surface area contributed by atoms with E-state index in [9.17, 15) is 4.79 Å². The number of halogens is 1. The molecule has 5 nitrogen and oxygen atoms in total. The molecule has 2 aromatic carbocycles. The smallest absolute Gasteiger partial charge is 0.280 e. The number of anilines is 1. The van der Waals surface area contributed by atoms with Crippen LogP contribution in [0.25, 0.3) is 6.08 Å². The summed E-state index contributed by atoms with van der Waals surface area (Å²) in [6.45, 7) is 4.16. The Morgan fingerprint density at radius 3 is 2.62 bits per heavy atom. The molecule has 26 heavy (non-hydrogen) atoms. The Labute approximate surface area is 157 Å². The fourth-order valence-corrected chi connectivity index (χ4v) is 2.98. The van der Waals surface area contributed by atoms with Crippen molar-refractivity contribution in [2.75, 3.05) is 18.7 Å². The molecule has 2 aromatic rings. The van der Waals surface area contributed by atoms with Crippen LogP contribution >= 0.6 is 11.6 Å². The quantitative estimate of drug-likeness (QED) is 0.725. The van der Waals surface area contributed by atoms with Crippen LogP contribution in [0.3, 0.4) is 0 Å². The van der Waals surface area contributed by atoms with Gasteiger partial charge in [0.1, 0.15) is 0 Å². The fourth-order valence-electron chi connectivity index (χ4n) is 2.70. The average Bonchev–Trinajstić information content (AvgIpc) is 2.92. The van der Waals surface area contributed by atoms with Crippen LogP contribution < -0.4 is 14.5 Å². The lowest BCUT2D eigenvalue weighted by molar-refractivity contribution is -0.114. The maximum absolute atomic E-state index is 12.8. The highest BCUT2D eigenvalue weighted by molar-refractivity contribution is 6.33. The molecular weight excluding hydrogens is 352 g/mol. The fraction of sp³-hybridized carbons (Fsp3) is 0.200. The number of hydrogen-bond donors (Lipinski definition) is 0. The average molecular weight is 371 g/mol. The van der Waals surface area contributed by atoms with Crippen molar-refractivity contribution in [2.24, 2.45) is 5.10 Å². The van der Waals surface area contributed by atoms with Crippen LogP contribution in [0.5, 0.6) is 11.5 Å². The van der Waals surface area contributed by atoms with E-state index in [2.05, 4.69) is 5.10 Å². The summed E-state index contributed by atoms with van der Waals surface area (Å²) in [6.07, 6.45) is 1.76. The summed E-state index contributed by atoms with van der Waals surface area (Å²) in [6, 6.07) is 12.8. The van der Waals surface area contributed by atoms with E-state index in [4.69, 9.17) is 21.1 Å². The molecule has 0 spiro atoms. The minimum Gasteiger partial charge on any atom is -0.493 e. The first-order chi connectivity index (χ1) is 12.5. The van der Waals surface area contributed by atoms with E-state index < -0.39 is 0 Å². The van der Waals surface area contributed by atoms with Gasteiger partial charge in [-0.05, 0) is 49.8 Å². The van der Waals surface area contributed by atoms with Crippen molar-refractivity contribution in [3.63, 3.8) is 0 Å². The molecule has 0 fully saturated rings. The van der Waals surface area contributed by atoms with Gasteiger partial charge in [0.15, 0.2) is 11.5 Å². The summed E-state index contributed by atoms with van der Waals surface area (Å²) in [7, 11) is 1.55. The third-order valence-corrected chi connectivity index (χ3v) is 4.20. The second-order valence-electron chi connectivity index (χ2n) is 5.66. The number of carbonyl (C=O) groups excluding carboxylic acids is 1. The molecule has 0 bridgehead atoms. The molecule has 3 rings (SSSR count). The minimum atomic E-state index is -0.183. The van der Waals surface area contributed by atoms with E-state index in [1.165, 1.54) is 5.01 Å². The van der Waals surface area contributed by atoms with Gasteiger partial charge in [0.05, 0.1) is 35.7 Å². The van der Waals surface area contributed by atoms with Crippen molar-refractivity contribution in [2.45, 2.75) is 13.8 Å². The van der Waals surface area contributed by atoms with Gasteiger partial charge in [-0.3, -0.25) is 4.79 Å². The number of ether oxygens (including phenoxy) is 2. The summed E-state index contributed by atoms with van der Waals surface area (Å²) in [5, 5.41) is 6.20. The largest absolute Gasteiger partial charge is 0.493 e. The lowest BCUT2D eigenvalue weighted by Crippen LogP contribution is -2.21. The minimum absolute atomic E-state index is 0.183. The predicted molar refractivity (Wildman–Crippen MR) is 104 cm³/mol. The maximum Gasteiger partial charge on any atom is 0.280 e. The molecule has 6 heteroatoms. The van der Waals surface area contributed by atoms with Crippen molar-refractivity contribution in [3.05, 3.63) is 58.6 Å². The normalized spacial score (nSPS) is 15.4. The Balaban J connectivity index is 1.97. The highest BCUT2D eigenvalue weighted by Gasteiger charge is 2.28. The first-order valence-corrected chi connectivity index (χ1v) is 8.60.